The van der Waals surface area contributed by atoms with E-state index < -0.39 is 0 Å². The van der Waals surface area contributed by atoms with Gasteiger partial charge in [-0.1, -0.05) is 19.4 Å². The number of hydrogen-bond acceptors (Lipinski definition) is 4. The highest BCUT2D eigenvalue weighted by Crippen LogP contribution is 2.23. The van der Waals surface area contributed by atoms with Crippen molar-refractivity contribution in [1.29, 1.82) is 0 Å². The molecule has 0 aliphatic rings. The van der Waals surface area contributed by atoms with Crippen LogP contribution in [0.25, 0.3) is 0 Å². The van der Waals surface area contributed by atoms with Crippen LogP contribution in [0.1, 0.15) is 45.1 Å². The molecule has 0 atom stereocenters. The summed E-state index contributed by atoms with van der Waals surface area (Å²) < 4.78 is 10.9. The molecule has 0 aliphatic carbocycles. The maximum atomic E-state index is 11.8. The average molecular weight is 322 g/mol. The Morgan fingerprint density at radius 3 is 2.74 bits per heavy atom. The van der Waals surface area contributed by atoms with Crippen molar-refractivity contribution in [3.8, 4) is 5.75 Å². The lowest BCUT2D eigenvalue weighted by molar-refractivity contribution is -0.121. The molecule has 3 N–H and O–H groups in total. The lowest BCUT2D eigenvalue weighted by Gasteiger charge is -2.10. The smallest absolute Gasteiger partial charge is 0.220 e. The first-order valence-electron chi connectivity index (χ1n) is 8.53. The molecule has 1 aromatic rings. The van der Waals surface area contributed by atoms with Crippen LogP contribution in [-0.2, 0) is 16.0 Å². The number of carbonyl (C=O) groups is 1. The third kappa shape index (κ3) is 8.45. The largest absolute Gasteiger partial charge is 0.491 e. The van der Waals surface area contributed by atoms with E-state index in [9.17, 15) is 4.79 Å². The van der Waals surface area contributed by atoms with Gasteiger partial charge in [0.25, 0.3) is 0 Å². The summed E-state index contributed by atoms with van der Waals surface area (Å²) >= 11 is 0. The van der Waals surface area contributed by atoms with Gasteiger partial charge in [0, 0.05) is 26.2 Å². The van der Waals surface area contributed by atoms with Crippen molar-refractivity contribution in [3.63, 3.8) is 0 Å². The van der Waals surface area contributed by atoms with Crippen LogP contribution in [0, 0.1) is 0 Å². The number of anilines is 1. The molecule has 0 fully saturated rings. The molecule has 5 nitrogen and oxygen atoms in total. The van der Waals surface area contributed by atoms with Crippen molar-refractivity contribution in [2.45, 2.75) is 46.0 Å². The van der Waals surface area contributed by atoms with Gasteiger partial charge in [-0.05, 0) is 43.9 Å². The Morgan fingerprint density at radius 1 is 1.22 bits per heavy atom. The topological polar surface area (TPSA) is 73.6 Å². The second-order valence-corrected chi connectivity index (χ2v) is 5.47. The highest BCUT2D eigenvalue weighted by Gasteiger charge is 2.05. The number of hydrogen-bond donors (Lipinski definition) is 2. The minimum Gasteiger partial charge on any atom is -0.491 e. The molecule has 130 valence electrons. The average Bonchev–Trinajstić information content (AvgIpc) is 2.54. The van der Waals surface area contributed by atoms with Crippen LogP contribution in [0.2, 0.25) is 0 Å². The Hall–Kier alpha value is -1.75. The van der Waals surface area contributed by atoms with E-state index in [0.29, 0.717) is 44.9 Å². The van der Waals surface area contributed by atoms with Crippen LogP contribution in [0.15, 0.2) is 18.2 Å². The zero-order chi connectivity index (χ0) is 16.9. The number of nitrogen functional groups attached to an aromatic ring is 1. The van der Waals surface area contributed by atoms with Gasteiger partial charge < -0.3 is 20.5 Å². The van der Waals surface area contributed by atoms with E-state index in [1.54, 1.807) is 0 Å². The zero-order valence-corrected chi connectivity index (χ0v) is 14.4. The van der Waals surface area contributed by atoms with Gasteiger partial charge in [0.2, 0.25) is 5.91 Å². The van der Waals surface area contributed by atoms with Crippen LogP contribution in [0.5, 0.6) is 5.75 Å². The number of benzene rings is 1. The van der Waals surface area contributed by atoms with Gasteiger partial charge in [0.1, 0.15) is 5.75 Å². The molecule has 0 aliphatic heterocycles. The van der Waals surface area contributed by atoms with Gasteiger partial charge >= 0.3 is 0 Å². The van der Waals surface area contributed by atoms with Crippen LogP contribution < -0.4 is 15.8 Å². The van der Waals surface area contributed by atoms with E-state index in [1.165, 1.54) is 0 Å². The number of nitrogens with one attached hydrogen (secondary N) is 1. The Morgan fingerprint density at radius 2 is 2.04 bits per heavy atom. The van der Waals surface area contributed by atoms with Crippen molar-refractivity contribution < 1.29 is 14.3 Å². The fourth-order valence-electron chi connectivity index (χ4n) is 2.10. The first-order chi connectivity index (χ1) is 11.2. The lowest BCUT2D eigenvalue weighted by Crippen LogP contribution is -2.25. The Labute approximate surface area is 139 Å². The molecule has 23 heavy (non-hydrogen) atoms. The molecule has 0 unspecified atom stereocenters. The number of ether oxygens (including phenoxy) is 2. The van der Waals surface area contributed by atoms with Gasteiger partial charge in [-0.3, -0.25) is 4.79 Å². The minimum absolute atomic E-state index is 0.0587. The van der Waals surface area contributed by atoms with E-state index in [1.807, 2.05) is 25.1 Å². The Bertz CT molecular complexity index is 464. The monoisotopic (exact) mass is 322 g/mol. The summed E-state index contributed by atoms with van der Waals surface area (Å²) in [6.45, 7) is 6.83. The summed E-state index contributed by atoms with van der Waals surface area (Å²) in [5.74, 6) is 0.783. The summed E-state index contributed by atoms with van der Waals surface area (Å²) in [7, 11) is 0. The molecule has 1 aromatic carbocycles. The molecule has 1 amide bonds. The maximum Gasteiger partial charge on any atom is 0.220 e. The maximum absolute atomic E-state index is 11.8. The van der Waals surface area contributed by atoms with Crippen LogP contribution in [-0.4, -0.2) is 32.3 Å². The zero-order valence-electron chi connectivity index (χ0n) is 14.4. The first-order valence-corrected chi connectivity index (χ1v) is 8.53. The summed E-state index contributed by atoms with van der Waals surface area (Å²) in [5.41, 5.74) is 7.68. The molecule has 0 saturated carbocycles. The second-order valence-electron chi connectivity index (χ2n) is 5.47. The normalized spacial score (nSPS) is 10.5. The van der Waals surface area contributed by atoms with E-state index >= 15 is 0 Å². The van der Waals surface area contributed by atoms with Crippen molar-refractivity contribution in [3.05, 3.63) is 23.8 Å². The van der Waals surface area contributed by atoms with Crippen molar-refractivity contribution >= 4 is 11.6 Å². The molecular formula is C18H30N2O3. The van der Waals surface area contributed by atoms with E-state index in [0.717, 1.165) is 30.6 Å². The van der Waals surface area contributed by atoms with Crippen LogP contribution >= 0.6 is 0 Å². The predicted octanol–water partition coefficient (Wildman–Crippen LogP) is 2.92. The quantitative estimate of drug-likeness (QED) is 0.458. The number of rotatable bonds is 12. The predicted molar refractivity (Wildman–Crippen MR) is 93.7 cm³/mol. The fourth-order valence-corrected chi connectivity index (χ4v) is 2.10. The highest BCUT2D eigenvalue weighted by atomic mass is 16.5. The number of carbonyl (C=O) groups excluding carboxylic acids is 1. The van der Waals surface area contributed by atoms with Crippen LogP contribution in [0.3, 0.4) is 0 Å². The minimum atomic E-state index is 0.0587. The molecule has 0 aromatic heterocycles. The third-order valence-electron chi connectivity index (χ3n) is 3.46. The molecule has 5 heteroatoms. The summed E-state index contributed by atoms with van der Waals surface area (Å²) in [5, 5.41) is 2.90. The molecule has 0 saturated heterocycles. The van der Waals surface area contributed by atoms with E-state index in [2.05, 4.69) is 12.2 Å². The van der Waals surface area contributed by atoms with E-state index in [4.69, 9.17) is 15.2 Å². The molecule has 1 rings (SSSR count). The van der Waals surface area contributed by atoms with Gasteiger partial charge in [-0.15, -0.1) is 0 Å². The Kier molecular flexibility index (Phi) is 9.87. The van der Waals surface area contributed by atoms with Gasteiger partial charge in [0.05, 0.1) is 12.3 Å². The van der Waals surface area contributed by atoms with Crippen molar-refractivity contribution in [2.75, 3.05) is 32.1 Å². The van der Waals surface area contributed by atoms with Gasteiger partial charge in [-0.2, -0.15) is 0 Å². The van der Waals surface area contributed by atoms with Crippen molar-refractivity contribution in [2.24, 2.45) is 0 Å². The molecule has 0 heterocycles. The number of nitrogens with two attached hydrogens (primary N) is 1. The standard InChI is InChI=1S/C18H30N2O3/c1-3-5-13-23-17-9-7-15(14-16(17)19)8-10-18(21)20-11-6-12-22-4-2/h7,9,14H,3-6,8,10-13,19H2,1-2H3,(H,20,21). The molecule has 0 bridgehead atoms. The second kappa shape index (κ2) is 11.8. The number of aryl methyl sites for hydroxylation is 1. The van der Waals surface area contributed by atoms with E-state index in [-0.39, 0.29) is 5.91 Å². The summed E-state index contributed by atoms with van der Waals surface area (Å²) in [4.78, 5) is 11.8. The highest BCUT2D eigenvalue weighted by molar-refractivity contribution is 5.76. The number of unbranched alkanes of at least 4 members (excludes halogenated alkanes) is 1. The fraction of sp³-hybridized carbons (Fsp3) is 0.611. The first kappa shape index (κ1) is 19.3. The molecule has 0 spiro atoms. The molecule has 0 radical (unpaired) electrons. The molecular weight excluding hydrogens is 292 g/mol. The summed E-state index contributed by atoms with van der Waals surface area (Å²) in [6.07, 6.45) is 4.10. The van der Waals surface area contributed by atoms with Gasteiger partial charge in [-0.25, -0.2) is 0 Å². The van der Waals surface area contributed by atoms with Crippen molar-refractivity contribution in [1.82, 2.24) is 5.32 Å². The Balaban J connectivity index is 2.28. The number of amides is 1. The lowest BCUT2D eigenvalue weighted by atomic mass is 10.1. The summed E-state index contributed by atoms with van der Waals surface area (Å²) in [6, 6.07) is 5.75. The third-order valence-corrected chi connectivity index (χ3v) is 3.46. The van der Waals surface area contributed by atoms with Crippen LogP contribution in [0.4, 0.5) is 5.69 Å². The van der Waals surface area contributed by atoms with Gasteiger partial charge in [0.15, 0.2) is 0 Å². The SMILES string of the molecule is CCCCOc1ccc(CCC(=O)NCCCOCC)cc1N.